The van der Waals surface area contributed by atoms with Gasteiger partial charge in [-0.2, -0.15) is 0 Å². The Morgan fingerprint density at radius 2 is 1.56 bits per heavy atom. The number of nitrogens with two attached hydrogens (primary N) is 1. The number of amides is 1. The Balaban J connectivity index is 1.27. The van der Waals surface area contributed by atoms with Crippen LogP contribution in [-0.2, 0) is 24.2 Å². The Bertz CT molecular complexity index is 1880. The first kappa shape index (κ1) is 33.5. The first-order valence-corrected chi connectivity index (χ1v) is 17.3. The summed E-state index contributed by atoms with van der Waals surface area (Å²) in [5, 5.41) is 14.1. The van der Waals surface area contributed by atoms with E-state index in [1.54, 1.807) is 6.07 Å². The minimum absolute atomic E-state index is 0.0147. The number of carbonyl (C=O) groups excluding carboxylic acids is 1. The molecule has 0 aromatic heterocycles. The van der Waals surface area contributed by atoms with Crippen LogP contribution in [0.2, 0.25) is 10.0 Å². The van der Waals surface area contributed by atoms with Gasteiger partial charge in [-0.3, -0.25) is 15.1 Å². The SMILES string of the molecule is N=C(N)NCCC[C@H]1CN(C(=O)Cc2ccc3ccccc3c2)[C@H](Cc2ccccc2)CN1Cc1cccc(-c2ccc(Cl)cc2Cl)c1. The lowest BCUT2D eigenvalue weighted by molar-refractivity contribution is -0.137. The fourth-order valence-electron chi connectivity index (χ4n) is 6.82. The van der Waals surface area contributed by atoms with Crippen LogP contribution in [0.1, 0.15) is 29.5 Å². The summed E-state index contributed by atoms with van der Waals surface area (Å²) in [4.78, 5) is 18.9. The van der Waals surface area contributed by atoms with Crippen LogP contribution in [0.4, 0.5) is 0 Å². The van der Waals surface area contributed by atoms with Crippen LogP contribution in [0, 0.1) is 5.41 Å². The molecule has 4 N–H and O–H groups in total. The third-order valence-corrected chi connectivity index (χ3v) is 9.75. The van der Waals surface area contributed by atoms with Gasteiger partial charge in [-0.1, -0.05) is 120 Å². The van der Waals surface area contributed by atoms with E-state index in [2.05, 4.69) is 94.0 Å². The molecule has 246 valence electrons. The summed E-state index contributed by atoms with van der Waals surface area (Å²) in [6.07, 6.45) is 2.83. The van der Waals surface area contributed by atoms with Crippen molar-refractivity contribution in [2.45, 2.75) is 44.3 Å². The average Bonchev–Trinajstić information content (AvgIpc) is 3.08. The molecule has 0 radical (unpaired) electrons. The lowest BCUT2D eigenvalue weighted by Gasteiger charge is -2.47. The molecule has 6 rings (SSSR count). The zero-order chi connectivity index (χ0) is 33.5. The molecule has 0 unspecified atom stereocenters. The number of fused-ring (bicyclic) bond motifs is 1. The van der Waals surface area contributed by atoms with E-state index in [0.717, 1.165) is 54.4 Å². The largest absolute Gasteiger partial charge is 0.370 e. The van der Waals surface area contributed by atoms with Crippen LogP contribution in [0.3, 0.4) is 0 Å². The van der Waals surface area contributed by atoms with Gasteiger partial charge in [0.2, 0.25) is 5.91 Å². The molecule has 2 atom stereocenters. The molecule has 1 aliphatic heterocycles. The number of nitrogens with one attached hydrogen (secondary N) is 2. The molecule has 1 heterocycles. The molecule has 1 amide bonds. The highest BCUT2D eigenvalue weighted by Crippen LogP contribution is 2.32. The van der Waals surface area contributed by atoms with Crippen molar-refractivity contribution in [1.29, 1.82) is 5.41 Å². The monoisotopic (exact) mass is 677 g/mol. The second-order valence-corrected chi connectivity index (χ2v) is 13.5. The second kappa shape index (κ2) is 15.7. The number of hydrogen-bond acceptors (Lipinski definition) is 3. The molecule has 48 heavy (non-hydrogen) atoms. The number of rotatable bonds is 11. The van der Waals surface area contributed by atoms with Gasteiger partial charge in [0.15, 0.2) is 5.96 Å². The molecule has 0 spiro atoms. The van der Waals surface area contributed by atoms with Gasteiger partial charge in [-0.05, 0) is 70.5 Å². The Kier molecular flexibility index (Phi) is 11.0. The van der Waals surface area contributed by atoms with Gasteiger partial charge in [-0.15, -0.1) is 0 Å². The summed E-state index contributed by atoms with van der Waals surface area (Å²) in [6.45, 7) is 2.73. The van der Waals surface area contributed by atoms with E-state index in [4.69, 9.17) is 34.3 Å². The first-order valence-electron chi connectivity index (χ1n) is 16.5. The van der Waals surface area contributed by atoms with Gasteiger partial charge in [0.05, 0.1) is 6.42 Å². The highest BCUT2D eigenvalue weighted by molar-refractivity contribution is 6.36. The molecule has 5 aromatic rings. The minimum Gasteiger partial charge on any atom is -0.370 e. The summed E-state index contributed by atoms with van der Waals surface area (Å²) in [6, 6.07) is 39.3. The number of benzene rings is 5. The van der Waals surface area contributed by atoms with Gasteiger partial charge < -0.3 is 16.0 Å². The zero-order valence-electron chi connectivity index (χ0n) is 26.9. The second-order valence-electron chi connectivity index (χ2n) is 12.6. The predicted molar refractivity (Wildman–Crippen MR) is 199 cm³/mol. The van der Waals surface area contributed by atoms with Crippen molar-refractivity contribution < 1.29 is 4.79 Å². The molecule has 0 bridgehead atoms. The fourth-order valence-corrected chi connectivity index (χ4v) is 7.34. The number of nitrogens with zero attached hydrogens (tertiary/aromatic N) is 2. The predicted octanol–water partition coefficient (Wildman–Crippen LogP) is 7.94. The van der Waals surface area contributed by atoms with E-state index < -0.39 is 0 Å². The van der Waals surface area contributed by atoms with Crippen molar-refractivity contribution in [2.24, 2.45) is 5.73 Å². The van der Waals surface area contributed by atoms with Crippen LogP contribution in [0.25, 0.3) is 21.9 Å². The van der Waals surface area contributed by atoms with E-state index in [9.17, 15) is 4.79 Å². The maximum atomic E-state index is 14.2. The van der Waals surface area contributed by atoms with Gasteiger partial charge in [0.25, 0.3) is 0 Å². The van der Waals surface area contributed by atoms with E-state index >= 15 is 0 Å². The molecular weight excluding hydrogens is 637 g/mol. The number of piperazine rings is 1. The van der Waals surface area contributed by atoms with Crippen LogP contribution >= 0.6 is 23.2 Å². The fraction of sp³-hybridized carbons (Fsp3) is 0.250. The van der Waals surface area contributed by atoms with Crippen molar-refractivity contribution >= 4 is 45.8 Å². The normalized spacial score (nSPS) is 16.6. The summed E-state index contributed by atoms with van der Waals surface area (Å²) >= 11 is 12.8. The Morgan fingerprint density at radius 1 is 0.792 bits per heavy atom. The molecular formula is C40H41Cl2N5O. The van der Waals surface area contributed by atoms with Gasteiger partial charge in [0.1, 0.15) is 0 Å². The van der Waals surface area contributed by atoms with Gasteiger partial charge in [-0.25, -0.2) is 0 Å². The van der Waals surface area contributed by atoms with Crippen molar-refractivity contribution in [3.8, 4) is 11.1 Å². The lowest BCUT2D eigenvalue weighted by Crippen LogP contribution is -2.60. The Labute approximate surface area is 293 Å². The van der Waals surface area contributed by atoms with Gasteiger partial charge in [0, 0.05) is 53.9 Å². The van der Waals surface area contributed by atoms with Crippen molar-refractivity contribution in [3.63, 3.8) is 0 Å². The summed E-state index contributed by atoms with van der Waals surface area (Å²) < 4.78 is 0. The number of halogens is 2. The highest BCUT2D eigenvalue weighted by atomic mass is 35.5. The van der Waals surface area contributed by atoms with E-state index in [0.29, 0.717) is 29.6 Å². The van der Waals surface area contributed by atoms with E-state index in [1.165, 1.54) is 16.5 Å². The van der Waals surface area contributed by atoms with Crippen LogP contribution in [0.15, 0.2) is 115 Å². The quantitative estimate of drug-likeness (QED) is 0.0753. The molecule has 8 heteroatoms. The molecule has 0 aliphatic carbocycles. The molecule has 6 nitrogen and oxygen atoms in total. The van der Waals surface area contributed by atoms with E-state index in [1.807, 2.05) is 30.3 Å². The zero-order valence-corrected chi connectivity index (χ0v) is 28.4. The third-order valence-electron chi connectivity index (χ3n) is 9.20. The smallest absolute Gasteiger partial charge is 0.227 e. The molecule has 1 fully saturated rings. The Morgan fingerprint density at radius 3 is 2.35 bits per heavy atom. The van der Waals surface area contributed by atoms with Crippen LogP contribution < -0.4 is 11.1 Å². The summed E-state index contributed by atoms with van der Waals surface area (Å²) in [5.74, 6) is 0.125. The average molecular weight is 679 g/mol. The summed E-state index contributed by atoms with van der Waals surface area (Å²) in [5.41, 5.74) is 11.0. The highest BCUT2D eigenvalue weighted by Gasteiger charge is 2.36. The van der Waals surface area contributed by atoms with Crippen LogP contribution in [-0.4, -0.2) is 53.4 Å². The molecule has 1 aliphatic rings. The molecule has 5 aromatic carbocycles. The topological polar surface area (TPSA) is 85.5 Å². The van der Waals surface area contributed by atoms with E-state index in [-0.39, 0.29) is 24.0 Å². The standard InChI is InChI=1S/C40H41Cl2N5O/c41-34-17-18-37(38(42)24-34)33-13-6-10-30(21-33)25-46-26-36(22-28-8-2-1-3-9-28)47(27-35(46)14-7-19-45-40(43)44)39(48)23-29-15-16-31-11-4-5-12-32(31)20-29/h1-6,8-13,15-18,20-21,24,35-36H,7,14,19,22-23,25-27H2,(H4,43,44,45)/t35-,36+/m0/s1. The number of guanidine groups is 1. The molecule has 1 saturated heterocycles. The van der Waals surface area contributed by atoms with Crippen molar-refractivity contribution in [3.05, 3.63) is 142 Å². The maximum absolute atomic E-state index is 14.2. The third kappa shape index (κ3) is 8.56. The maximum Gasteiger partial charge on any atom is 0.227 e. The van der Waals surface area contributed by atoms with Crippen LogP contribution in [0.5, 0.6) is 0 Å². The van der Waals surface area contributed by atoms with Crippen molar-refractivity contribution in [1.82, 2.24) is 15.1 Å². The van der Waals surface area contributed by atoms with Crippen molar-refractivity contribution in [2.75, 3.05) is 19.6 Å². The lowest BCUT2D eigenvalue weighted by atomic mass is 9.95. The minimum atomic E-state index is -0.0247. The number of hydrogen-bond donors (Lipinski definition) is 3. The molecule has 0 saturated carbocycles. The number of carbonyl (C=O) groups is 1. The first-order chi connectivity index (χ1) is 23.3. The Hall–Kier alpha value is -4.36. The van der Waals surface area contributed by atoms with Gasteiger partial charge >= 0.3 is 0 Å². The summed E-state index contributed by atoms with van der Waals surface area (Å²) in [7, 11) is 0.